The molecule has 54 valence electrons. The molecule has 0 amide bonds. The first-order valence-corrected chi connectivity index (χ1v) is 3.66. The Bertz CT molecular complexity index is 73.0. The van der Waals surface area contributed by atoms with Crippen molar-refractivity contribution < 1.29 is 0 Å². The van der Waals surface area contributed by atoms with Crippen LogP contribution < -0.4 is 0 Å². The molecule has 9 heavy (non-hydrogen) atoms. The van der Waals surface area contributed by atoms with Crippen molar-refractivity contribution in [3.05, 3.63) is 0 Å². The molecular weight excluding hydrogens is 112 g/mol. The molecule has 1 heterocycles. The zero-order valence-electron chi connectivity index (χ0n) is 6.43. The fourth-order valence-electron chi connectivity index (χ4n) is 1.32. The van der Waals surface area contributed by atoms with Gasteiger partial charge >= 0.3 is 0 Å². The zero-order chi connectivity index (χ0) is 6.69. The van der Waals surface area contributed by atoms with Crippen LogP contribution in [-0.2, 0) is 0 Å². The first kappa shape index (κ1) is 7.03. The lowest BCUT2D eigenvalue weighted by atomic mass is 10.3. The summed E-state index contributed by atoms with van der Waals surface area (Å²) in [4.78, 5) is 4.74. The van der Waals surface area contributed by atoms with Crippen LogP contribution in [0.15, 0.2) is 0 Å². The molecule has 0 aromatic carbocycles. The summed E-state index contributed by atoms with van der Waals surface area (Å²) in [5.74, 6) is 0. The van der Waals surface area contributed by atoms with Gasteiger partial charge in [0.1, 0.15) is 0 Å². The Balaban J connectivity index is 2.29. The molecule has 1 fully saturated rings. The normalized spacial score (nSPS) is 26.0. The van der Waals surface area contributed by atoms with Crippen LogP contribution in [0.2, 0.25) is 0 Å². The first-order valence-electron chi connectivity index (χ1n) is 3.66. The molecule has 1 saturated heterocycles. The lowest BCUT2D eigenvalue weighted by Gasteiger charge is -2.18. The molecule has 0 saturated carbocycles. The van der Waals surface area contributed by atoms with Gasteiger partial charge in [0.2, 0.25) is 0 Å². The second-order valence-electron chi connectivity index (χ2n) is 3.01. The van der Waals surface area contributed by atoms with E-state index < -0.39 is 0 Å². The van der Waals surface area contributed by atoms with Crippen LogP contribution in [0.4, 0.5) is 0 Å². The quantitative estimate of drug-likeness (QED) is 0.471. The highest BCUT2D eigenvalue weighted by atomic mass is 15.3. The monoisotopic (exact) mass is 128 g/mol. The predicted octanol–water partition coefficient (Wildman–Crippen LogP) is 0.601. The average Bonchev–Trinajstić information content (AvgIpc) is 1.93. The van der Waals surface area contributed by atoms with Crippen molar-refractivity contribution in [1.29, 1.82) is 0 Å². The van der Waals surface area contributed by atoms with Crippen molar-refractivity contribution in [3.8, 4) is 0 Å². The van der Waals surface area contributed by atoms with Crippen LogP contribution >= 0.6 is 0 Å². The minimum absolute atomic E-state index is 1.14. The molecule has 0 atom stereocenters. The van der Waals surface area contributed by atoms with Gasteiger partial charge in [-0.1, -0.05) is 0 Å². The van der Waals surface area contributed by atoms with Crippen molar-refractivity contribution in [1.82, 2.24) is 9.80 Å². The Morgan fingerprint density at radius 2 is 1.33 bits per heavy atom. The minimum Gasteiger partial charge on any atom is -0.294 e. The third-order valence-corrected chi connectivity index (χ3v) is 1.81. The second-order valence-corrected chi connectivity index (χ2v) is 3.01. The fraction of sp³-hybridized carbons (Fsp3) is 1.00. The highest BCUT2D eigenvalue weighted by molar-refractivity contribution is 4.59. The van der Waals surface area contributed by atoms with Crippen molar-refractivity contribution in [3.63, 3.8) is 0 Å². The van der Waals surface area contributed by atoms with Crippen LogP contribution in [0.1, 0.15) is 12.8 Å². The molecule has 0 bridgehead atoms. The maximum Gasteiger partial charge on any atom is 0.0500 e. The van der Waals surface area contributed by atoms with Crippen LogP contribution in [-0.4, -0.2) is 43.7 Å². The average molecular weight is 128 g/mol. The summed E-state index contributed by atoms with van der Waals surface area (Å²) in [7, 11) is 4.36. The molecule has 1 aliphatic rings. The van der Waals surface area contributed by atoms with E-state index in [1.807, 2.05) is 0 Å². The van der Waals surface area contributed by atoms with Crippen molar-refractivity contribution >= 4 is 0 Å². The van der Waals surface area contributed by atoms with Gasteiger partial charge in [0, 0.05) is 0 Å². The van der Waals surface area contributed by atoms with E-state index in [4.69, 9.17) is 0 Å². The maximum absolute atomic E-state index is 2.37. The largest absolute Gasteiger partial charge is 0.294 e. The molecule has 0 aromatic heterocycles. The number of rotatable bonds is 0. The molecule has 2 heteroatoms. The summed E-state index contributed by atoms with van der Waals surface area (Å²) in [6.45, 7) is 3.68. The van der Waals surface area contributed by atoms with Gasteiger partial charge < -0.3 is 0 Å². The molecule has 1 rings (SSSR count). The van der Waals surface area contributed by atoms with Crippen molar-refractivity contribution in [2.45, 2.75) is 12.8 Å². The van der Waals surface area contributed by atoms with Gasteiger partial charge in [-0.15, -0.1) is 0 Å². The van der Waals surface area contributed by atoms with Crippen LogP contribution in [0.3, 0.4) is 0 Å². The molecule has 0 aliphatic carbocycles. The van der Waals surface area contributed by atoms with E-state index in [1.165, 1.54) is 25.9 Å². The van der Waals surface area contributed by atoms with Crippen LogP contribution in [0.25, 0.3) is 0 Å². The van der Waals surface area contributed by atoms with E-state index in [9.17, 15) is 0 Å². The summed E-state index contributed by atoms with van der Waals surface area (Å²) in [6.07, 6.45) is 2.72. The van der Waals surface area contributed by atoms with Gasteiger partial charge in [-0.3, -0.25) is 9.80 Å². The topological polar surface area (TPSA) is 6.48 Å². The SMILES string of the molecule is CN1CCCCN(C)C1. The Kier molecular flexibility index (Phi) is 2.49. The van der Waals surface area contributed by atoms with E-state index in [0.717, 1.165) is 6.67 Å². The molecule has 2 nitrogen and oxygen atoms in total. The van der Waals surface area contributed by atoms with Crippen molar-refractivity contribution in [2.24, 2.45) is 0 Å². The van der Waals surface area contributed by atoms with Gasteiger partial charge in [0.15, 0.2) is 0 Å². The molecule has 0 aromatic rings. The third-order valence-electron chi connectivity index (χ3n) is 1.81. The molecule has 1 aliphatic heterocycles. The summed E-state index contributed by atoms with van der Waals surface area (Å²) in [5, 5.41) is 0. The van der Waals surface area contributed by atoms with Gasteiger partial charge in [-0.05, 0) is 40.0 Å². The maximum atomic E-state index is 2.37. The zero-order valence-corrected chi connectivity index (χ0v) is 6.43. The molecule has 0 unspecified atom stereocenters. The van der Waals surface area contributed by atoms with E-state index in [1.54, 1.807) is 0 Å². The van der Waals surface area contributed by atoms with Crippen LogP contribution in [0.5, 0.6) is 0 Å². The number of nitrogens with zero attached hydrogens (tertiary/aromatic N) is 2. The van der Waals surface area contributed by atoms with Gasteiger partial charge in [-0.2, -0.15) is 0 Å². The molecular formula is C7H16N2. The second kappa shape index (κ2) is 3.18. The summed E-state index contributed by atoms with van der Waals surface area (Å²) < 4.78 is 0. The van der Waals surface area contributed by atoms with E-state index in [0.29, 0.717) is 0 Å². The lowest BCUT2D eigenvalue weighted by Crippen LogP contribution is -2.30. The molecule has 0 radical (unpaired) electrons. The molecule has 0 spiro atoms. The van der Waals surface area contributed by atoms with Gasteiger partial charge in [0.25, 0.3) is 0 Å². The van der Waals surface area contributed by atoms with Gasteiger partial charge in [0.05, 0.1) is 6.67 Å². The standard InChI is InChI=1S/C7H16N2/c1-8-5-3-4-6-9(2)7-8/h3-7H2,1-2H3. The first-order chi connectivity index (χ1) is 4.29. The van der Waals surface area contributed by atoms with E-state index >= 15 is 0 Å². The summed E-state index contributed by atoms with van der Waals surface area (Å²) >= 11 is 0. The van der Waals surface area contributed by atoms with Gasteiger partial charge in [-0.25, -0.2) is 0 Å². The molecule has 0 N–H and O–H groups in total. The summed E-state index contributed by atoms with van der Waals surface area (Å²) in [6, 6.07) is 0. The van der Waals surface area contributed by atoms with E-state index in [2.05, 4.69) is 23.9 Å². The Labute approximate surface area is 57.4 Å². The number of hydrogen-bond donors (Lipinski definition) is 0. The van der Waals surface area contributed by atoms with Crippen molar-refractivity contribution in [2.75, 3.05) is 33.9 Å². The smallest absolute Gasteiger partial charge is 0.0500 e. The predicted molar refractivity (Wildman–Crippen MR) is 39.4 cm³/mol. The highest BCUT2D eigenvalue weighted by Crippen LogP contribution is 2.01. The highest BCUT2D eigenvalue weighted by Gasteiger charge is 2.06. The van der Waals surface area contributed by atoms with E-state index in [-0.39, 0.29) is 0 Å². The number of hydrogen-bond acceptors (Lipinski definition) is 2. The lowest BCUT2D eigenvalue weighted by molar-refractivity contribution is 0.213. The third kappa shape index (κ3) is 2.33. The summed E-state index contributed by atoms with van der Waals surface area (Å²) in [5.41, 5.74) is 0. The Morgan fingerprint density at radius 1 is 0.889 bits per heavy atom. The Morgan fingerprint density at radius 3 is 1.78 bits per heavy atom. The minimum atomic E-state index is 1.14. The fourth-order valence-corrected chi connectivity index (χ4v) is 1.32. The van der Waals surface area contributed by atoms with Crippen LogP contribution in [0, 0.1) is 0 Å². The Hall–Kier alpha value is -0.0800.